The molecular weight excluding hydrogens is 355 g/mol. The summed E-state index contributed by atoms with van der Waals surface area (Å²) in [4.78, 5) is 17.4. The van der Waals surface area contributed by atoms with Gasteiger partial charge in [0.2, 0.25) is 0 Å². The van der Waals surface area contributed by atoms with Crippen LogP contribution < -0.4 is 0 Å². The van der Waals surface area contributed by atoms with Crippen molar-refractivity contribution in [1.82, 2.24) is 0 Å². The number of phosphoric acid groups is 1. The number of phosphoric ester groups is 1. The topological polar surface area (TPSA) is 87.0 Å². The van der Waals surface area contributed by atoms with Gasteiger partial charge >= 0.3 is 7.82 Å². The molecule has 0 aliphatic heterocycles. The van der Waals surface area contributed by atoms with Crippen molar-refractivity contribution in [3.63, 3.8) is 0 Å². The van der Waals surface area contributed by atoms with E-state index in [9.17, 15) is 9.67 Å². The summed E-state index contributed by atoms with van der Waals surface area (Å²) < 4.78 is 15.2. The number of hydrogen-bond donors (Lipinski definition) is 3. The normalized spacial score (nSPS) is 12.8. The van der Waals surface area contributed by atoms with Gasteiger partial charge in [-0.2, -0.15) is 0 Å². The van der Waals surface area contributed by atoms with E-state index in [-0.39, 0.29) is 55.2 Å². The Morgan fingerprint density at radius 2 is 1.42 bits per heavy atom. The molecule has 0 spiro atoms. The minimum Gasteiger partial charge on any atom is -0.507 e. The van der Waals surface area contributed by atoms with Crippen molar-refractivity contribution in [1.29, 1.82) is 0 Å². The number of hydrogen-bond acceptors (Lipinski definition) is 3. The molecule has 24 heavy (non-hydrogen) atoms. The smallest absolute Gasteiger partial charge is 0.469 e. The number of aryl methyl sites for hydroxylation is 1. The summed E-state index contributed by atoms with van der Waals surface area (Å²) in [5.41, 5.74) is 2.42. The molecule has 0 aromatic heterocycles. The summed E-state index contributed by atoms with van der Waals surface area (Å²) in [6.07, 6.45) is 1.13. The third kappa shape index (κ3) is 7.74. The fourth-order valence-electron chi connectivity index (χ4n) is 2.44. The van der Waals surface area contributed by atoms with Crippen molar-refractivity contribution in [3.05, 3.63) is 28.8 Å². The number of aromatic hydroxyl groups is 1. The number of phenolic OH excluding ortho intramolecular Hbond substituents is 1. The molecule has 0 amide bonds. The molecule has 3 N–H and O–H groups in total. The molecule has 1 aromatic rings. The van der Waals surface area contributed by atoms with Crippen LogP contribution in [-0.4, -0.2) is 59.2 Å². The Morgan fingerprint density at radius 1 is 1.00 bits per heavy atom. The zero-order chi connectivity index (χ0) is 18.1. The van der Waals surface area contributed by atoms with Crippen molar-refractivity contribution >= 4 is 45.6 Å². The first-order valence-corrected chi connectivity index (χ1v) is 9.32. The first-order valence-electron chi connectivity index (χ1n) is 7.79. The predicted octanol–water partition coefficient (Wildman–Crippen LogP) is 3.65. The van der Waals surface area contributed by atoms with Gasteiger partial charge in [0.15, 0.2) is 0 Å². The monoisotopic (exact) mass is 384 g/mol. The van der Waals surface area contributed by atoms with Crippen molar-refractivity contribution in [2.45, 2.75) is 65.2 Å². The van der Waals surface area contributed by atoms with Gasteiger partial charge in [0.25, 0.3) is 0 Å². The van der Waals surface area contributed by atoms with E-state index >= 15 is 0 Å². The Labute approximate surface area is 175 Å². The van der Waals surface area contributed by atoms with Gasteiger partial charge in [0.05, 0.1) is 6.61 Å². The van der Waals surface area contributed by atoms with E-state index in [1.807, 2.05) is 12.1 Å². The van der Waals surface area contributed by atoms with Crippen LogP contribution in [0.15, 0.2) is 12.1 Å². The Bertz CT molecular complexity index is 561. The minimum atomic E-state index is -4.41. The van der Waals surface area contributed by atoms with E-state index in [0.717, 1.165) is 16.7 Å². The van der Waals surface area contributed by atoms with Crippen molar-refractivity contribution < 1.29 is 24.0 Å². The molecule has 134 valence electrons. The Kier molecular flexibility index (Phi) is 9.00. The number of benzene rings is 1. The second-order valence-electron chi connectivity index (χ2n) is 7.97. The van der Waals surface area contributed by atoms with Crippen LogP contribution in [0.4, 0.5) is 0 Å². The number of phenols is 1. The molecule has 1 aromatic carbocycles. The summed E-state index contributed by atoms with van der Waals surface area (Å²) in [5.74, 6) is 0.334. The van der Waals surface area contributed by atoms with Crippen LogP contribution in [0.3, 0.4) is 0 Å². The van der Waals surface area contributed by atoms with Crippen LogP contribution in [0.5, 0.6) is 5.75 Å². The minimum absolute atomic E-state index is 0. The van der Waals surface area contributed by atoms with Crippen molar-refractivity contribution in [2.75, 3.05) is 6.61 Å². The van der Waals surface area contributed by atoms with Gasteiger partial charge in [-0.05, 0) is 40.4 Å². The van der Waals surface area contributed by atoms with E-state index < -0.39 is 7.82 Å². The molecule has 0 aliphatic rings. The standard InChI is InChI=1S/C17H29O5P.Ca/c1-16(2,3)13-10-12(8-7-9-22-23(19,20)21)11-14(15(13)18)17(4,5)6;/h10-11,18H,7-9H2,1-6H3,(H2,19,20,21);. The maximum absolute atomic E-state index is 10.7. The molecule has 0 heterocycles. The average Bonchev–Trinajstić information content (AvgIpc) is 2.32. The largest absolute Gasteiger partial charge is 0.507 e. The quantitative estimate of drug-likeness (QED) is 0.410. The van der Waals surface area contributed by atoms with Crippen LogP contribution in [0.2, 0.25) is 0 Å². The van der Waals surface area contributed by atoms with E-state index in [2.05, 4.69) is 46.1 Å². The summed E-state index contributed by atoms with van der Waals surface area (Å²) >= 11 is 0. The summed E-state index contributed by atoms with van der Waals surface area (Å²) in [5, 5.41) is 10.6. The van der Waals surface area contributed by atoms with E-state index in [1.165, 1.54) is 0 Å². The molecule has 0 bridgehead atoms. The molecule has 1 rings (SSSR count). The maximum Gasteiger partial charge on any atom is 0.469 e. The summed E-state index contributed by atoms with van der Waals surface area (Å²) in [7, 11) is -4.41. The fraction of sp³-hybridized carbons (Fsp3) is 0.647. The van der Waals surface area contributed by atoms with Crippen molar-refractivity contribution in [3.8, 4) is 5.75 Å². The first kappa shape index (κ1) is 24.4. The third-order valence-corrected chi connectivity index (χ3v) is 4.17. The Balaban J connectivity index is 0.00000529. The molecule has 0 saturated carbocycles. The van der Waals surface area contributed by atoms with Crippen LogP contribution in [0, 0.1) is 0 Å². The second kappa shape index (κ2) is 8.85. The molecule has 7 heteroatoms. The zero-order valence-electron chi connectivity index (χ0n) is 15.6. The van der Waals surface area contributed by atoms with Gasteiger partial charge < -0.3 is 14.9 Å². The second-order valence-corrected chi connectivity index (χ2v) is 9.21. The SMILES string of the molecule is CC(C)(C)c1cc(CCCOP(=O)(O)O)cc(C(C)(C)C)c1O.[Ca]. The van der Waals surface area contributed by atoms with E-state index in [1.54, 1.807) is 0 Å². The molecule has 0 fully saturated rings. The zero-order valence-corrected chi connectivity index (χ0v) is 18.7. The van der Waals surface area contributed by atoms with Crippen LogP contribution in [-0.2, 0) is 26.3 Å². The molecule has 0 unspecified atom stereocenters. The van der Waals surface area contributed by atoms with Gasteiger partial charge in [-0.25, -0.2) is 4.57 Å². The van der Waals surface area contributed by atoms with Gasteiger partial charge in [-0.15, -0.1) is 0 Å². The number of rotatable bonds is 5. The van der Waals surface area contributed by atoms with Gasteiger partial charge in [0, 0.05) is 37.7 Å². The fourth-order valence-corrected chi connectivity index (χ4v) is 2.81. The van der Waals surface area contributed by atoms with E-state index in [4.69, 9.17) is 9.79 Å². The third-order valence-electron chi connectivity index (χ3n) is 3.65. The van der Waals surface area contributed by atoms with Crippen LogP contribution in [0.25, 0.3) is 0 Å². The Morgan fingerprint density at radius 3 is 1.75 bits per heavy atom. The molecule has 2 radical (unpaired) electrons. The van der Waals surface area contributed by atoms with Crippen molar-refractivity contribution in [2.24, 2.45) is 0 Å². The van der Waals surface area contributed by atoms with Gasteiger partial charge in [0.1, 0.15) is 5.75 Å². The van der Waals surface area contributed by atoms with Crippen LogP contribution >= 0.6 is 7.82 Å². The van der Waals surface area contributed by atoms with E-state index in [0.29, 0.717) is 18.6 Å². The summed E-state index contributed by atoms with van der Waals surface area (Å²) in [6.45, 7) is 12.3. The summed E-state index contributed by atoms with van der Waals surface area (Å²) in [6, 6.07) is 3.95. The van der Waals surface area contributed by atoms with Gasteiger partial charge in [-0.1, -0.05) is 53.7 Å². The molecule has 5 nitrogen and oxygen atoms in total. The first-order chi connectivity index (χ1) is 10.2. The van der Waals surface area contributed by atoms with Gasteiger partial charge in [-0.3, -0.25) is 4.52 Å². The molecule has 0 aliphatic carbocycles. The predicted molar refractivity (Wildman–Crippen MR) is 97.6 cm³/mol. The molecule has 0 atom stereocenters. The molecule has 0 saturated heterocycles. The Hall–Kier alpha value is 0.390. The molecular formula is C17H29CaO5P. The maximum atomic E-state index is 10.7. The van der Waals surface area contributed by atoms with Crippen LogP contribution in [0.1, 0.15) is 64.7 Å². The average molecular weight is 384 g/mol.